The van der Waals surface area contributed by atoms with Crippen molar-refractivity contribution in [3.8, 4) is 11.8 Å². The number of hydrogen-bond donors (Lipinski definition) is 0. The summed E-state index contributed by atoms with van der Waals surface area (Å²) in [5, 5.41) is 13.1. The second kappa shape index (κ2) is 6.35. The quantitative estimate of drug-likeness (QED) is 0.672. The first-order valence-electron chi connectivity index (χ1n) is 8.09. The van der Waals surface area contributed by atoms with Gasteiger partial charge in [-0.1, -0.05) is 30.3 Å². The van der Waals surface area contributed by atoms with Crippen molar-refractivity contribution in [2.24, 2.45) is 4.99 Å². The third-order valence-electron chi connectivity index (χ3n) is 4.11. The van der Waals surface area contributed by atoms with E-state index in [-0.39, 0.29) is 5.75 Å². The van der Waals surface area contributed by atoms with Crippen molar-refractivity contribution in [3.63, 3.8) is 0 Å². The van der Waals surface area contributed by atoms with Gasteiger partial charge in [0.2, 0.25) is 0 Å². The number of nitrogens with zero attached hydrogens (tertiary/aromatic N) is 4. The number of ether oxygens (including phenoxy) is 1. The maximum absolute atomic E-state index is 12.5. The Kier molecular flexibility index (Phi) is 3.86. The number of aliphatic imine (C=N–C) groups is 1. The Morgan fingerprint density at radius 2 is 1.81 bits per heavy atom. The van der Waals surface area contributed by atoms with Crippen LogP contribution in [0.2, 0.25) is 0 Å². The molecule has 0 atom stereocenters. The Morgan fingerprint density at radius 1 is 1.11 bits per heavy atom. The summed E-state index contributed by atoms with van der Waals surface area (Å²) in [5.41, 5.74) is 2.58. The Hall–Kier alpha value is -4.05. The Labute approximate surface area is 154 Å². The topological polar surface area (TPSA) is 97.3 Å². The summed E-state index contributed by atoms with van der Waals surface area (Å²) >= 11 is 0. The van der Waals surface area contributed by atoms with Gasteiger partial charge >= 0.3 is 12.0 Å². The first-order valence-corrected chi connectivity index (χ1v) is 8.09. The fraction of sp³-hybridized carbons (Fsp3) is 0.0500. The van der Waals surface area contributed by atoms with Crippen molar-refractivity contribution in [2.45, 2.75) is 6.92 Å². The average Bonchev–Trinajstić information content (AvgIpc) is 3.19. The minimum Gasteiger partial charge on any atom is -0.418 e. The maximum atomic E-state index is 12.5. The molecule has 7 nitrogen and oxygen atoms in total. The lowest BCUT2D eigenvalue weighted by Crippen LogP contribution is -2.12. The number of carbonyl (C=O) groups excluding carboxylic acids is 2. The molecule has 0 spiro atoms. The zero-order valence-corrected chi connectivity index (χ0v) is 14.2. The van der Waals surface area contributed by atoms with Gasteiger partial charge in [0.1, 0.15) is 17.1 Å². The number of aryl methyl sites for hydroxylation is 1. The molecular weight excluding hydrogens is 344 g/mol. The van der Waals surface area contributed by atoms with Crippen molar-refractivity contribution in [1.29, 1.82) is 5.26 Å². The molecular formula is C20H12N4O3. The van der Waals surface area contributed by atoms with Crippen molar-refractivity contribution in [1.82, 2.24) is 9.78 Å². The van der Waals surface area contributed by atoms with Gasteiger partial charge in [0.05, 0.1) is 17.2 Å². The van der Waals surface area contributed by atoms with Crippen LogP contribution >= 0.6 is 0 Å². The van der Waals surface area contributed by atoms with Crippen LogP contribution in [0.15, 0.2) is 59.6 Å². The first-order chi connectivity index (χ1) is 13.1. The molecule has 0 bridgehead atoms. The molecule has 2 heterocycles. The molecule has 0 radical (unpaired) electrons. The molecule has 7 heteroatoms. The predicted molar refractivity (Wildman–Crippen MR) is 96.0 cm³/mol. The van der Waals surface area contributed by atoms with Gasteiger partial charge in [-0.05, 0) is 31.2 Å². The average molecular weight is 356 g/mol. The van der Waals surface area contributed by atoms with E-state index in [9.17, 15) is 9.59 Å². The van der Waals surface area contributed by atoms with E-state index in [1.165, 1.54) is 0 Å². The highest BCUT2D eigenvalue weighted by atomic mass is 16.5. The van der Waals surface area contributed by atoms with Crippen LogP contribution in [-0.2, 0) is 0 Å². The minimum atomic E-state index is -0.561. The molecule has 0 saturated carbocycles. The molecule has 27 heavy (non-hydrogen) atoms. The maximum Gasteiger partial charge on any atom is 0.369 e. The first kappa shape index (κ1) is 16.4. The van der Waals surface area contributed by atoms with E-state index in [4.69, 9.17) is 10.00 Å². The number of carbonyl (C=O) groups is 2. The van der Waals surface area contributed by atoms with Crippen molar-refractivity contribution in [2.75, 3.05) is 0 Å². The van der Waals surface area contributed by atoms with Crippen LogP contribution in [-0.4, -0.2) is 27.5 Å². The summed E-state index contributed by atoms with van der Waals surface area (Å²) in [6, 6.07) is 16.7. The molecule has 0 fully saturated rings. The van der Waals surface area contributed by atoms with Gasteiger partial charge in [-0.3, -0.25) is 0 Å². The Bertz CT molecular complexity index is 1140. The molecule has 2 aromatic carbocycles. The van der Waals surface area contributed by atoms with E-state index in [0.717, 1.165) is 4.68 Å². The molecule has 0 saturated heterocycles. The third-order valence-corrected chi connectivity index (χ3v) is 4.11. The molecule has 0 unspecified atom stereocenters. The van der Waals surface area contributed by atoms with Crippen LogP contribution in [0.1, 0.15) is 32.9 Å². The van der Waals surface area contributed by atoms with E-state index in [2.05, 4.69) is 10.1 Å². The molecule has 0 N–H and O–H groups in total. The number of nitriles is 1. The fourth-order valence-corrected chi connectivity index (χ4v) is 2.81. The summed E-state index contributed by atoms with van der Waals surface area (Å²) in [4.78, 5) is 28.7. The SMILES string of the molecule is Cc1nn2c(c1OC(=O)c1ccccc1)C(c1ccc(C#N)cc1)=NC2=O. The van der Waals surface area contributed by atoms with Crippen LogP contribution in [0.4, 0.5) is 4.79 Å². The van der Waals surface area contributed by atoms with Crippen LogP contribution < -0.4 is 4.74 Å². The van der Waals surface area contributed by atoms with E-state index < -0.39 is 12.0 Å². The van der Waals surface area contributed by atoms with Crippen LogP contribution in [0.5, 0.6) is 5.75 Å². The molecule has 0 aliphatic carbocycles. The van der Waals surface area contributed by atoms with Gasteiger partial charge in [-0.15, -0.1) is 0 Å². The Balaban J connectivity index is 1.75. The lowest BCUT2D eigenvalue weighted by molar-refractivity contribution is 0.0733. The van der Waals surface area contributed by atoms with Gasteiger partial charge < -0.3 is 4.74 Å². The number of rotatable bonds is 3. The van der Waals surface area contributed by atoms with Crippen molar-refractivity contribution in [3.05, 3.63) is 82.7 Å². The highest BCUT2D eigenvalue weighted by molar-refractivity contribution is 6.22. The minimum absolute atomic E-state index is 0.192. The van der Waals surface area contributed by atoms with Gasteiger partial charge in [-0.2, -0.15) is 20.0 Å². The highest BCUT2D eigenvalue weighted by Crippen LogP contribution is 2.31. The Morgan fingerprint density at radius 3 is 2.48 bits per heavy atom. The molecule has 1 aromatic heterocycles. The molecule has 4 rings (SSSR count). The van der Waals surface area contributed by atoms with E-state index in [0.29, 0.717) is 33.8 Å². The van der Waals surface area contributed by atoms with E-state index in [1.54, 1.807) is 61.5 Å². The third kappa shape index (κ3) is 2.79. The van der Waals surface area contributed by atoms with Crippen LogP contribution in [0.3, 0.4) is 0 Å². The number of fused-ring (bicyclic) bond motifs is 1. The molecule has 1 aliphatic heterocycles. The molecule has 3 aromatic rings. The molecule has 1 amide bonds. The standard InChI is InChI=1S/C20H12N4O3/c1-12-18(27-19(25)15-5-3-2-4-6-15)17-16(22-20(26)24(17)23-12)14-9-7-13(11-21)8-10-14/h2-10H,1H3. The van der Waals surface area contributed by atoms with Gasteiger partial charge in [0.15, 0.2) is 5.75 Å². The zero-order chi connectivity index (χ0) is 19.0. The largest absolute Gasteiger partial charge is 0.418 e. The summed E-state index contributed by atoms with van der Waals surface area (Å²) in [7, 11) is 0. The number of esters is 1. The summed E-state index contributed by atoms with van der Waals surface area (Å²) in [5.74, 6) is -0.356. The van der Waals surface area contributed by atoms with Crippen LogP contribution in [0.25, 0.3) is 0 Å². The second-order valence-electron chi connectivity index (χ2n) is 5.86. The molecule has 130 valence electrons. The predicted octanol–water partition coefficient (Wildman–Crippen LogP) is 3.10. The van der Waals surface area contributed by atoms with Crippen molar-refractivity contribution < 1.29 is 14.3 Å². The smallest absolute Gasteiger partial charge is 0.369 e. The summed E-state index contributed by atoms with van der Waals surface area (Å²) in [6.45, 7) is 1.66. The van der Waals surface area contributed by atoms with Crippen LogP contribution in [0, 0.1) is 18.3 Å². The van der Waals surface area contributed by atoms with E-state index in [1.807, 2.05) is 6.07 Å². The molecule has 1 aliphatic rings. The number of amides is 1. The number of aromatic nitrogens is 2. The summed E-state index contributed by atoms with van der Waals surface area (Å²) in [6.07, 6.45) is 0. The van der Waals surface area contributed by atoms with E-state index >= 15 is 0 Å². The second-order valence-corrected chi connectivity index (χ2v) is 5.86. The zero-order valence-electron chi connectivity index (χ0n) is 14.2. The highest BCUT2D eigenvalue weighted by Gasteiger charge is 2.33. The van der Waals surface area contributed by atoms with Crippen molar-refractivity contribution >= 4 is 17.7 Å². The fourth-order valence-electron chi connectivity index (χ4n) is 2.81. The van der Waals surface area contributed by atoms with Gasteiger partial charge in [0, 0.05) is 5.56 Å². The monoisotopic (exact) mass is 356 g/mol. The number of benzene rings is 2. The van der Waals surface area contributed by atoms with Gasteiger partial charge in [-0.25, -0.2) is 9.59 Å². The lowest BCUT2D eigenvalue weighted by atomic mass is 10.0. The lowest BCUT2D eigenvalue weighted by Gasteiger charge is -2.07. The number of hydrogen-bond acceptors (Lipinski definition) is 5. The summed E-state index contributed by atoms with van der Waals surface area (Å²) < 4.78 is 6.67. The van der Waals surface area contributed by atoms with Gasteiger partial charge in [0.25, 0.3) is 0 Å². The normalized spacial score (nSPS) is 12.3.